The molecule has 0 bridgehead atoms. The molecule has 1 heterocycles. The SMILES string of the molecule is CCCC[C@H](NC(=O)Cc1ccc(N)cn1)C(=O)O. The average Bonchev–Trinajstić information content (AvgIpc) is 2.37. The molecule has 0 fully saturated rings. The van der Waals surface area contributed by atoms with E-state index in [4.69, 9.17) is 10.8 Å². The average molecular weight is 265 g/mol. The fraction of sp³-hybridized carbons (Fsp3) is 0.462. The lowest BCUT2D eigenvalue weighted by Gasteiger charge is -2.13. The van der Waals surface area contributed by atoms with Gasteiger partial charge >= 0.3 is 5.97 Å². The van der Waals surface area contributed by atoms with Crippen LogP contribution in [-0.2, 0) is 16.0 Å². The molecule has 4 N–H and O–H groups in total. The summed E-state index contributed by atoms with van der Waals surface area (Å²) < 4.78 is 0. The van der Waals surface area contributed by atoms with Gasteiger partial charge in [0.1, 0.15) is 6.04 Å². The highest BCUT2D eigenvalue weighted by molar-refractivity contribution is 5.84. The normalized spacial score (nSPS) is 11.8. The number of carboxylic acid groups (broad SMARTS) is 1. The van der Waals surface area contributed by atoms with Crippen LogP contribution in [0.25, 0.3) is 0 Å². The number of aromatic nitrogens is 1. The van der Waals surface area contributed by atoms with Gasteiger partial charge in [0, 0.05) is 5.69 Å². The molecule has 0 spiro atoms. The lowest BCUT2D eigenvalue weighted by Crippen LogP contribution is -2.41. The minimum atomic E-state index is -1.01. The van der Waals surface area contributed by atoms with E-state index in [0.29, 0.717) is 17.8 Å². The van der Waals surface area contributed by atoms with Gasteiger partial charge in [-0.2, -0.15) is 0 Å². The van der Waals surface area contributed by atoms with Crippen molar-refractivity contribution >= 4 is 17.6 Å². The zero-order chi connectivity index (χ0) is 14.3. The number of anilines is 1. The van der Waals surface area contributed by atoms with Gasteiger partial charge in [0.25, 0.3) is 0 Å². The summed E-state index contributed by atoms with van der Waals surface area (Å²) in [6, 6.07) is 2.47. The number of nitrogen functional groups attached to an aromatic ring is 1. The Morgan fingerprint density at radius 1 is 1.47 bits per heavy atom. The molecule has 1 rings (SSSR count). The van der Waals surface area contributed by atoms with Crippen LogP contribution < -0.4 is 11.1 Å². The van der Waals surface area contributed by atoms with Crippen molar-refractivity contribution in [2.75, 3.05) is 5.73 Å². The zero-order valence-electron chi connectivity index (χ0n) is 10.9. The number of aliphatic carboxylic acids is 1. The van der Waals surface area contributed by atoms with E-state index in [-0.39, 0.29) is 12.3 Å². The van der Waals surface area contributed by atoms with Crippen LogP contribution in [-0.4, -0.2) is 28.0 Å². The summed E-state index contributed by atoms with van der Waals surface area (Å²) in [7, 11) is 0. The number of pyridine rings is 1. The number of carbonyl (C=O) groups is 2. The molecule has 0 aliphatic carbocycles. The van der Waals surface area contributed by atoms with Gasteiger partial charge < -0.3 is 16.2 Å². The van der Waals surface area contributed by atoms with E-state index in [2.05, 4.69) is 10.3 Å². The molecule has 1 atom stereocenters. The molecule has 0 saturated heterocycles. The van der Waals surface area contributed by atoms with E-state index < -0.39 is 12.0 Å². The Bertz CT molecular complexity index is 431. The number of carboxylic acids is 1. The third kappa shape index (κ3) is 5.37. The van der Waals surface area contributed by atoms with Crippen molar-refractivity contribution in [3.63, 3.8) is 0 Å². The van der Waals surface area contributed by atoms with Crippen molar-refractivity contribution in [1.82, 2.24) is 10.3 Å². The van der Waals surface area contributed by atoms with Gasteiger partial charge in [-0.25, -0.2) is 4.79 Å². The highest BCUT2D eigenvalue weighted by Crippen LogP contribution is 2.04. The van der Waals surface area contributed by atoms with Crippen LogP contribution in [0.3, 0.4) is 0 Å². The summed E-state index contributed by atoms with van der Waals surface area (Å²) >= 11 is 0. The summed E-state index contributed by atoms with van der Waals surface area (Å²) in [5.41, 5.74) is 6.58. The second kappa shape index (κ2) is 7.35. The third-order valence-corrected chi connectivity index (χ3v) is 2.67. The Balaban J connectivity index is 2.52. The highest BCUT2D eigenvalue weighted by Gasteiger charge is 2.19. The summed E-state index contributed by atoms with van der Waals surface area (Å²) in [6.45, 7) is 1.97. The van der Waals surface area contributed by atoms with Crippen LogP contribution in [0.15, 0.2) is 18.3 Å². The number of rotatable bonds is 7. The molecule has 0 radical (unpaired) electrons. The molecule has 0 unspecified atom stereocenters. The molecule has 0 aliphatic rings. The van der Waals surface area contributed by atoms with Gasteiger partial charge in [-0.05, 0) is 18.6 Å². The zero-order valence-corrected chi connectivity index (χ0v) is 10.9. The largest absolute Gasteiger partial charge is 0.480 e. The number of unbranched alkanes of at least 4 members (excludes halogenated alkanes) is 1. The first-order valence-corrected chi connectivity index (χ1v) is 6.25. The summed E-state index contributed by atoms with van der Waals surface area (Å²) in [4.78, 5) is 26.7. The van der Waals surface area contributed by atoms with E-state index in [0.717, 1.165) is 12.8 Å². The quantitative estimate of drug-likeness (QED) is 0.681. The Labute approximate surface area is 112 Å². The van der Waals surface area contributed by atoms with Gasteiger partial charge in [0.05, 0.1) is 18.3 Å². The minimum absolute atomic E-state index is 0.0518. The van der Waals surface area contributed by atoms with Crippen molar-refractivity contribution in [3.8, 4) is 0 Å². The fourth-order valence-electron chi connectivity index (χ4n) is 1.62. The van der Waals surface area contributed by atoms with Crippen LogP contribution in [0.5, 0.6) is 0 Å². The number of nitrogens with two attached hydrogens (primary N) is 1. The molecule has 104 valence electrons. The minimum Gasteiger partial charge on any atom is -0.480 e. The lowest BCUT2D eigenvalue weighted by molar-refractivity contribution is -0.142. The van der Waals surface area contributed by atoms with Gasteiger partial charge in [0.2, 0.25) is 5.91 Å². The van der Waals surface area contributed by atoms with Crippen LogP contribution in [0.2, 0.25) is 0 Å². The predicted octanol–water partition coefficient (Wildman–Crippen LogP) is 0.966. The van der Waals surface area contributed by atoms with E-state index in [9.17, 15) is 9.59 Å². The Kier molecular flexibility index (Phi) is 5.78. The third-order valence-electron chi connectivity index (χ3n) is 2.67. The Morgan fingerprint density at radius 2 is 2.21 bits per heavy atom. The maximum absolute atomic E-state index is 11.7. The number of carbonyl (C=O) groups excluding carboxylic acids is 1. The molecule has 19 heavy (non-hydrogen) atoms. The lowest BCUT2D eigenvalue weighted by atomic mass is 10.1. The van der Waals surface area contributed by atoms with Crippen molar-refractivity contribution in [2.24, 2.45) is 0 Å². The maximum atomic E-state index is 11.7. The van der Waals surface area contributed by atoms with Crippen molar-refractivity contribution in [2.45, 2.75) is 38.6 Å². The molecular weight excluding hydrogens is 246 g/mol. The van der Waals surface area contributed by atoms with E-state index >= 15 is 0 Å². The van der Waals surface area contributed by atoms with E-state index in [1.165, 1.54) is 6.20 Å². The second-order valence-corrected chi connectivity index (χ2v) is 4.36. The Hall–Kier alpha value is -2.11. The van der Waals surface area contributed by atoms with E-state index in [1.807, 2.05) is 6.92 Å². The fourth-order valence-corrected chi connectivity index (χ4v) is 1.62. The van der Waals surface area contributed by atoms with Crippen molar-refractivity contribution < 1.29 is 14.7 Å². The van der Waals surface area contributed by atoms with Crippen LogP contribution in [0, 0.1) is 0 Å². The number of amides is 1. The van der Waals surface area contributed by atoms with Gasteiger partial charge in [0.15, 0.2) is 0 Å². The molecule has 6 heteroatoms. The van der Waals surface area contributed by atoms with E-state index in [1.54, 1.807) is 12.1 Å². The standard InChI is InChI=1S/C13H19N3O3/c1-2-3-4-11(13(18)19)16-12(17)7-10-6-5-9(14)8-15-10/h5-6,8,11H,2-4,7,14H2,1H3,(H,16,17)(H,18,19)/t11-/m0/s1. The predicted molar refractivity (Wildman–Crippen MR) is 71.4 cm³/mol. The molecule has 1 amide bonds. The monoisotopic (exact) mass is 265 g/mol. The van der Waals surface area contributed by atoms with Crippen LogP contribution in [0.1, 0.15) is 31.9 Å². The second-order valence-electron chi connectivity index (χ2n) is 4.36. The first-order valence-electron chi connectivity index (χ1n) is 6.25. The van der Waals surface area contributed by atoms with Gasteiger partial charge in [-0.15, -0.1) is 0 Å². The van der Waals surface area contributed by atoms with Crippen LogP contribution in [0.4, 0.5) is 5.69 Å². The topological polar surface area (TPSA) is 105 Å². The maximum Gasteiger partial charge on any atom is 0.326 e. The number of nitrogens with one attached hydrogen (secondary N) is 1. The summed E-state index contributed by atoms with van der Waals surface area (Å²) in [6.07, 6.45) is 3.60. The smallest absolute Gasteiger partial charge is 0.326 e. The van der Waals surface area contributed by atoms with Crippen LogP contribution >= 0.6 is 0 Å². The number of hydrogen-bond acceptors (Lipinski definition) is 4. The summed E-state index contributed by atoms with van der Waals surface area (Å²) in [5.74, 6) is -1.35. The number of hydrogen-bond donors (Lipinski definition) is 3. The van der Waals surface area contributed by atoms with Crippen molar-refractivity contribution in [3.05, 3.63) is 24.0 Å². The molecule has 0 aromatic carbocycles. The molecule has 6 nitrogen and oxygen atoms in total. The molecular formula is C13H19N3O3. The summed E-state index contributed by atoms with van der Waals surface area (Å²) in [5, 5.41) is 11.5. The molecule has 1 aromatic rings. The first-order chi connectivity index (χ1) is 9.02. The molecule has 1 aromatic heterocycles. The van der Waals surface area contributed by atoms with Gasteiger partial charge in [-0.1, -0.05) is 19.8 Å². The first kappa shape index (κ1) is 14.9. The van der Waals surface area contributed by atoms with Gasteiger partial charge in [-0.3, -0.25) is 9.78 Å². The highest BCUT2D eigenvalue weighted by atomic mass is 16.4. The molecule has 0 aliphatic heterocycles. The van der Waals surface area contributed by atoms with Crippen molar-refractivity contribution in [1.29, 1.82) is 0 Å². The number of nitrogens with zero attached hydrogens (tertiary/aromatic N) is 1. The Morgan fingerprint density at radius 3 is 2.74 bits per heavy atom. The molecule has 0 saturated carbocycles.